The molecule has 22 heavy (non-hydrogen) atoms. The van der Waals surface area contributed by atoms with Crippen LogP contribution in [0.3, 0.4) is 0 Å². The summed E-state index contributed by atoms with van der Waals surface area (Å²) in [6, 6.07) is 5.24. The van der Waals surface area contributed by atoms with Crippen LogP contribution < -0.4 is 10.1 Å². The van der Waals surface area contributed by atoms with E-state index in [0.717, 1.165) is 15.5 Å². The van der Waals surface area contributed by atoms with Crippen LogP contribution in [0, 0.1) is 0 Å². The molecule has 2 heterocycles. The summed E-state index contributed by atoms with van der Waals surface area (Å²) in [5.74, 6) is 1.04. The number of rotatable bonds is 5. The van der Waals surface area contributed by atoms with E-state index in [4.69, 9.17) is 9.15 Å². The van der Waals surface area contributed by atoms with Gasteiger partial charge in [0.15, 0.2) is 17.0 Å². The van der Waals surface area contributed by atoms with E-state index in [1.54, 1.807) is 48.7 Å². The fourth-order valence-corrected chi connectivity index (χ4v) is 2.57. The van der Waals surface area contributed by atoms with Crippen LogP contribution in [0.1, 0.15) is 17.7 Å². The molecule has 1 unspecified atom stereocenters. The largest absolute Gasteiger partial charge is 0.465 e. The first-order chi connectivity index (χ1) is 10.6. The van der Waals surface area contributed by atoms with Crippen LogP contribution >= 0.6 is 11.3 Å². The quantitative estimate of drug-likeness (QED) is 0.703. The zero-order valence-electron chi connectivity index (χ0n) is 12.1. The van der Waals surface area contributed by atoms with Gasteiger partial charge in [0.2, 0.25) is 5.89 Å². The first-order valence-electron chi connectivity index (χ1n) is 6.71. The van der Waals surface area contributed by atoms with E-state index in [-0.39, 0.29) is 0 Å². The van der Waals surface area contributed by atoms with E-state index < -0.39 is 6.29 Å². The van der Waals surface area contributed by atoms with E-state index in [0.29, 0.717) is 17.2 Å². The molecule has 114 valence electrons. The second-order valence-electron chi connectivity index (χ2n) is 4.55. The maximum atomic E-state index is 9.23. The lowest BCUT2D eigenvalue weighted by Crippen LogP contribution is -2.09. The van der Waals surface area contributed by atoms with Gasteiger partial charge in [-0.2, -0.15) is 0 Å². The summed E-state index contributed by atoms with van der Waals surface area (Å²) < 4.78 is 10.9. The molecule has 1 atom stereocenters. The summed E-state index contributed by atoms with van der Waals surface area (Å²) >= 11 is 1.54. The van der Waals surface area contributed by atoms with Crippen molar-refractivity contribution in [3.8, 4) is 5.75 Å². The molecule has 0 aliphatic carbocycles. The van der Waals surface area contributed by atoms with Crippen molar-refractivity contribution in [1.82, 2.24) is 9.97 Å². The molecule has 0 amide bonds. The number of anilines is 1. The van der Waals surface area contributed by atoms with Crippen molar-refractivity contribution in [1.29, 1.82) is 0 Å². The highest BCUT2D eigenvalue weighted by Gasteiger charge is 2.06. The Bertz CT molecular complexity index is 807. The smallest absolute Gasteiger partial charge is 0.220 e. The minimum absolute atomic E-state index is 0.503. The normalized spacial score (nSPS) is 12.9. The minimum Gasteiger partial charge on any atom is -0.465 e. The Morgan fingerprint density at radius 2 is 2.27 bits per heavy atom. The van der Waals surface area contributed by atoms with Gasteiger partial charge < -0.3 is 19.6 Å². The predicted molar refractivity (Wildman–Crippen MR) is 86.9 cm³/mol. The molecule has 0 fully saturated rings. The third-order valence-electron chi connectivity index (χ3n) is 2.81. The number of hydrogen-bond donors (Lipinski definition) is 2. The Morgan fingerprint density at radius 1 is 1.41 bits per heavy atom. The number of fused-ring (bicyclic) bond motifs is 1. The van der Waals surface area contributed by atoms with Crippen molar-refractivity contribution in [2.45, 2.75) is 13.2 Å². The monoisotopic (exact) mass is 317 g/mol. The van der Waals surface area contributed by atoms with Gasteiger partial charge in [0, 0.05) is 30.3 Å². The van der Waals surface area contributed by atoms with E-state index in [1.807, 2.05) is 13.1 Å². The molecule has 0 spiro atoms. The van der Waals surface area contributed by atoms with Crippen LogP contribution in [-0.2, 0) is 0 Å². The second kappa shape index (κ2) is 6.17. The number of oxazole rings is 1. The maximum absolute atomic E-state index is 9.23. The molecule has 0 aliphatic heterocycles. The van der Waals surface area contributed by atoms with E-state index in [9.17, 15) is 5.11 Å². The molecule has 2 N–H and O–H groups in total. The summed E-state index contributed by atoms with van der Waals surface area (Å²) in [4.78, 5) is 9.57. The molecule has 1 aromatic carbocycles. The van der Waals surface area contributed by atoms with Crippen molar-refractivity contribution in [3.05, 3.63) is 35.2 Å². The van der Waals surface area contributed by atoms with E-state index in [1.165, 1.54) is 0 Å². The van der Waals surface area contributed by atoms with Crippen molar-refractivity contribution in [3.63, 3.8) is 0 Å². The Labute approximate surface area is 131 Å². The van der Waals surface area contributed by atoms with Gasteiger partial charge in [-0.1, -0.05) is 11.3 Å². The van der Waals surface area contributed by atoms with Crippen LogP contribution in [-0.4, -0.2) is 28.4 Å². The van der Waals surface area contributed by atoms with E-state index in [2.05, 4.69) is 15.3 Å². The molecule has 6 nitrogen and oxygen atoms in total. The molecule has 0 aliphatic rings. The van der Waals surface area contributed by atoms with Gasteiger partial charge in [0.05, 0.1) is 0 Å². The van der Waals surface area contributed by atoms with Crippen molar-refractivity contribution < 1.29 is 14.3 Å². The second-order valence-corrected chi connectivity index (χ2v) is 5.61. The highest BCUT2D eigenvalue weighted by atomic mass is 32.1. The standard InChI is InChI=1S/C15H15N3O3S/c1-9(19)20-10-3-5-12-13(7-10)21-14(18-12)6-4-11-8-17-15(16-2)22-11/h3-9,19H,1-2H3,(H,16,17). The van der Waals surface area contributed by atoms with Crippen LogP contribution in [0.4, 0.5) is 5.13 Å². The number of nitrogens with zero attached hydrogens (tertiary/aromatic N) is 2. The average Bonchev–Trinajstić information content (AvgIpc) is 3.10. The molecule has 2 aromatic heterocycles. The molecule has 0 saturated carbocycles. The molecule has 0 saturated heterocycles. The Balaban J connectivity index is 1.82. The van der Waals surface area contributed by atoms with Gasteiger partial charge in [-0.25, -0.2) is 9.97 Å². The summed E-state index contributed by atoms with van der Waals surface area (Å²) in [5.41, 5.74) is 1.34. The minimum atomic E-state index is -0.868. The third-order valence-corrected chi connectivity index (χ3v) is 3.79. The molecular formula is C15H15N3O3S. The van der Waals surface area contributed by atoms with Gasteiger partial charge in [-0.05, 0) is 25.1 Å². The highest BCUT2D eigenvalue weighted by Crippen LogP contribution is 2.24. The van der Waals surface area contributed by atoms with Gasteiger partial charge in [-0.3, -0.25) is 0 Å². The summed E-state index contributed by atoms with van der Waals surface area (Å²) in [7, 11) is 1.83. The lowest BCUT2D eigenvalue weighted by molar-refractivity contribution is -0.000225. The zero-order chi connectivity index (χ0) is 15.5. The molecule has 0 radical (unpaired) electrons. The van der Waals surface area contributed by atoms with Gasteiger partial charge >= 0.3 is 0 Å². The lowest BCUT2D eigenvalue weighted by atomic mass is 10.3. The number of aliphatic hydroxyl groups excluding tert-OH is 1. The van der Waals surface area contributed by atoms with Gasteiger partial charge in [0.25, 0.3) is 0 Å². The first-order valence-corrected chi connectivity index (χ1v) is 7.52. The number of ether oxygens (including phenoxy) is 1. The zero-order valence-corrected chi connectivity index (χ0v) is 12.9. The van der Waals surface area contributed by atoms with Gasteiger partial charge in [-0.15, -0.1) is 0 Å². The Kier molecular flexibility index (Phi) is 4.08. The van der Waals surface area contributed by atoms with Gasteiger partial charge in [0.1, 0.15) is 11.3 Å². The number of hydrogen-bond acceptors (Lipinski definition) is 7. The van der Waals surface area contributed by atoms with E-state index >= 15 is 0 Å². The number of aliphatic hydroxyl groups is 1. The number of thiazole rings is 1. The molecule has 7 heteroatoms. The van der Waals surface area contributed by atoms with Crippen LogP contribution in [0.5, 0.6) is 5.75 Å². The van der Waals surface area contributed by atoms with Crippen LogP contribution in [0.2, 0.25) is 0 Å². The fourth-order valence-electron chi connectivity index (χ4n) is 1.90. The molecule has 3 rings (SSSR count). The predicted octanol–water partition coefficient (Wildman–Crippen LogP) is 3.21. The number of nitrogens with one attached hydrogen (secondary N) is 1. The summed E-state index contributed by atoms with van der Waals surface area (Å²) in [6.45, 7) is 1.55. The highest BCUT2D eigenvalue weighted by molar-refractivity contribution is 7.16. The average molecular weight is 317 g/mol. The van der Waals surface area contributed by atoms with Crippen molar-refractivity contribution >= 4 is 39.7 Å². The SMILES string of the molecule is CNc1ncc(C=Cc2nc3ccc(OC(C)O)cc3o2)s1. The topological polar surface area (TPSA) is 80.4 Å². The third kappa shape index (κ3) is 3.26. The fraction of sp³-hybridized carbons (Fsp3) is 0.200. The first kappa shape index (κ1) is 14.6. The Hall–Kier alpha value is -2.38. The molecular weight excluding hydrogens is 302 g/mol. The maximum Gasteiger partial charge on any atom is 0.220 e. The van der Waals surface area contributed by atoms with Crippen LogP contribution in [0.15, 0.2) is 28.8 Å². The number of aromatic nitrogens is 2. The van der Waals surface area contributed by atoms with Crippen molar-refractivity contribution in [2.24, 2.45) is 0 Å². The van der Waals surface area contributed by atoms with Crippen molar-refractivity contribution in [2.75, 3.05) is 12.4 Å². The molecule has 3 aromatic rings. The summed E-state index contributed by atoms with van der Waals surface area (Å²) in [6.07, 6.45) is 4.61. The summed E-state index contributed by atoms with van der Waals surface area (Å²) in [5, 5.41) is 13.1. The van der Waals surface area contributed by atoms with Crippen LogP contribution in [0.25, 0.3) is 23.3 Å². The lowest BCUT2D eigenvalue weighted by Gasteiger charge is -2.07. The molecule has 0 bridgehead atoms. The Morgan fingerprint density at radius 3 is 3.00 bits per heavy atom. The number of benzene rings is 1.